The standard InChI is InChI=1S/C11H22N2O/c12-8-11(13-4-1-5-14)7-9-2-3-10(11)6-9/h9-10,13-14H,1-8,12H2. The molecule has 2 aliphatic carbocycles. The summed E-state index contributed by atoms with van der Waals surface area (Å²) in [5, 5.41) is 12.3. The molecular formula is C11H22N2O. The van der Waals surface area contributed by atoms with Gasteiger partial charge in [-0.05, 0) is 44.1 Å². The lowest BCUT2D eigenvalue weighted by molar-refractivity contribution is 0.205. The van der Waals surface area contributed by atoms with E-state index < -0.39 is 0 Å². The average molecular weight is 198 g/mol. The summed E-state index contributed by atoms with van der Waals surface area (Å²) >= 11 is 0. The van der Waals surface area contributed by atoms with Gasteiger partial charge in [-0.2, -0.15) is 0 Å². The number of aliphatic hydroxyl groups is 1. The van der Waals surface area contributed by atoms with Gasteiger partial charge in [-0.25, -0.2) is 0 Å². The minimum Gasteiger partial charge on any atom is -0.396 e. The third-order valence-electron chi connectivity index (χ3n) is 4.15. The molecule has 3 unspecified atom stereocenters. The Labute approximate surface area is 86.1 Å². The first-order chi connectivity index (χ1) is 6.80. The molecule has 2 aliphatic rings. The highest BCUT2D eigenvalue weighted by Gasteiger charge is 2.49. The fourth-order valence-corrected chi connectivity index (χ4v) is 3.40. The van der Waals surface area contributed by atoms with Crippen molar-refractivity contribution >= 4 is 0 Å². The number of rotatable bonds is 5. The van der Waals surface area contributed by atoms with Gasteiger partial charge in [0.1, 0.15) is 0 Å². The van der Waals surface area contributed by atoms with Crippen molar-refractivity contribution in [2.24, 2.45) is 17.6 Å². The highest BCUT2D eigenvalue weighted by Crippen LogP contribution is 2.50. The monoisotopic (exact) mass is 198 g/mol. The second-order valence-corrected chi connectivity index (χ2v) is 4.94. The maximum absolute atomic E-state index is 8.76. The van der Waals surface area contributed by atoms with Gasteiger partial charge in [0.05, 0.1) is 0 Å². The van der Waals surface area contributed by atoms with Crippen LogP contribution in [0, 0.1) is 11.8 Å². The summed E-state index contributed by atoms with van der Waals surface area (Å²) in [5.41, 5.74) is 6.13. The maximum atomic E-state index is 8.76. The fraction of sp³-hybridized carbons (Fsp3) is 1.00. The maximum Gasteiger partial charge on any atom is 0.0443 e. The Morgan fingerprint density at radius 3 is 2.79 bits per heavy atom. The molecule has 0 aliphatic heterocycles. The molecule has 0 aromatic rings. The summed E-state index contributed by atoms with van der Waals surface area (Å²) in [7, 11) is 0. The Balaban J connectivity index is 1.90. The van der Waals surface area contributed by atoms with Gasteiger partial charge in [0.25, 0.3) is 0 Å². The third-order valence-corrected chi connectivity index (χ3v) is 4.15. The van der Waals surface area contributed by atoms with E-state index in [1.807, 2.05) is 0 Å². The molecule has 2 fully saturated rings. The highest BCUT2D eigenvalue weighted by molar-refractivity contribution is 5.06. The van der Waals surface area contributed by atoms with Crippen molar-refractivity contribution in [1.29, 1.82) is 0 Å². The summed E-state index contributed by atoms with van der Waals surface area (Å²) in [4.78, 5) is 0. The van der Waals surface area contributed by atoms with Crippen LogP contribution in [0.4, 0.5) is 0 Å². The number of nitrogens with one attached hydrogen (secondary N) is 1. The van der Waals surface area contributed by atoms with Crippen molar-refractivity contribution in [2.45, 2.75) is 37.6 Å². The zero-order valence-electron chi connectivity index (χ0n) is 8.84. The molecule has 0 radical (unpaired) electrons. The Morgan fingerprint density at radius 2 is 2.29 bits per heavy atom. The van der Waals surface area contributed by atoms with E-state index >= 15 is 0 Å². The zero-order chi connectivity index (χ0) is 10.0. The molecule has 0 saturated heterocycles. The van der Waals surface area contributed by atoms with E-state index in [1.54, 1.807) is 0 Å². The molecule has 3 atom stereocenters. The predicted octanol–water partition coefficient (Wildman–Crippen LogP) is 0.476. The third kappa shape index (κ3) is 1.69. The molecule has 14 heavy (non-hydrogen) atoms. The number of fused-ring (bicyclic) bond motifs is 2. The van der Waals surface area contributed by atoms with Crippen molar-refractivity contribution < 1.29 is 5.11 Å². The van der Waals surface area contributed by atoms with Crippen molar-refractivity contribution in [3.63, 3.8) is 0 Å². The van der Waals surface area contributed by atoms with Crippen LogP contribution in [-0.2, 0) is 0 Å². The minimum absolute atomic E-state index is 0.220. The van der Waals surface area contributed by atoms with Gasteiger partial charge < -0.3 is 16.2 Å². The van der Waals surface area contributed by atoms with Crippen LogP contribution in [0.5, 0.6) is 0 Å². The summed E-state index contributed by atoms with van der Waals surface area (Å²) < 4.78 is 0. The summed E-state index contributed by atoms with van der Waals surface area (Å²) in [6, 6.07) is 0. The zero-order valence-corrected chi connectivity index (χ0v) is 8.84. The van der Waals surface area contributed by atoms with E-state index in [0.29, 0.717) is 0 Å². The molecule has 0 spiro atoms. The molecule has 0 heterocycles. The van der Waals surface area contributed by atoms with Gasteiger partial charge in [0.2, 0.25) is 0 Å². The highest BCUT2D eigenvalue weighted by atomic mass is 16.3. The molecule has 3 heteroatoms. The normalized spacial score (nSPS) is 40.7. The van der Waals surface area contributed by atoms with E-state index in [9.17, 15) is 0 Å². The number of nitrogens with two attached hydrogens (primary N) is 1. The fourth-order valence-electron chi connectivity index (χ4n) is 3.40. The Kier molecular flexibility index (Phi) is 3.10. The van der Waals surface area contributed by atoms with E-state index in [1.165, 1.54) is 25.7 Å². The predicted molar refractivity (Wildman–Crippen MR) is 56.9 cm³/mol. The van der Waals surface area contributed by atoms with Crippen molar-refractivity contribution in [3.8, 4) is 0 Å². The quantitative estimate of drug-likeness (QED) is 0.563. The Morgan fingerprint density at radius 1 is 1.43 bits per heavy atom. The van der Waals surface area contributed by atoms with E-state index in [-0.39, 0.29) is 12.1 Å². The topological polar surface area (TPSA) is 58.3 Å². The van der Waals surface area contributed by atoms with Gasteiger partial charge >= 0.3 is 0 Å². The lowest BCUT2D eigenvalue weighted by atomic mass is 9.81. The molecule has 2 rings (SSSR count). The lowest BCUT2D eigenvalue weighted by Gasteiger charge is -2.38. The van der Waals surface area contributed by atoms with Crippen LogP contribution < -0.4 is 11.1 Å². The number of hydrogen-bond acceptors (Lipinski definition) is 3. The van der Waals surface area contributed by atoms with Gasteiger partial charge in [0.15, 0.2) is 0 Å². The molecule has 3 nitrogen and oxygen atoms in total. The van der Waals surface area contributed by atoms with E-state index in [0.717, 1.165) is 31.3 Å². The van der Waals surface area contributed by atoms with Gasteiger partial charge in [-0.3, -0.25) is 0 Å². The van der Waals surface area contributed by atoms with Crippen molar-refractivity contribution in [1.82, 2.24) is 5.32 Å². The average Bonchev–Trinajstić information content (AvgIpc) is 2.78. The first-order valence-electron chi connectivity index (χ1n) is 5.87. The van der Waals surface area contributed by atoms with Crippen molar-refractivity contribution in [3.05, 3.63) is 0 Å². The van der Waals surface area contributed by atoms with Crippen LogP contribution in [0.25, 0.3) is 0 Å². The Bertz CT molecular complexity index is 198. The largest absolute Gasteiger partial charge is 0.396 e. The van der Waals surface area contributed by atoms with Crippen LogP contribution in [0.1, 0.15) is 32.1 Å². The first-order valence-corrected chi connectivity index (χ1v) is 5.87. The number of aliphatic hydroxyl groups excluding tert-OH is 1. The van der Waals surface area contributed by atoms with Gasteiger partial charge in [-0.1, -0.05) is 6.42 Å². The van der Waals surface area contributed by atoms with Crippen LogP contribution in [0.2, 0.25) is 0 Å². The minimum atomic E-state index is 0.220. The van der Waals surface area contributed by atoms with Crippen LogP contribution in [-0.4, -0.2) is 30.3 Å². The van der Waals surface area contributed by atoms with Crippen LogP contribution >= 0.6 is 0 Å². The molecular weight excluding hydrogens is 176 g/mol. The van der Waals surface area contributed by atoms with Gasteiger partial charge in [0, 0.05) is 18.7 Å². The SMILES string of the molecule is NCC1(NCCCO)CC2CCC1C2. The first kappa shape index (κ1) is 10.4. The molecule has 82 valence electrons. The van der Waals surface area contributed by atoms with E-state index in [4.69, 9.17) is 10.8 Å². The van der Waals surface area contributed by atoms with E-state index in [2.05, 4.69) is 5.32 Å². The molecule has 2 saturated carbocycles. The second-order valence-electron chi connectivity index (χ2n) is 4.94. The molecule has 4 N–H and O–H groups in total. The van der Waals surface area contributed by atoms with Crippen LogP contribution in [0.3, 0.4) is 0 Å². The second kappa shape index (κ2) is 4.17. The molecule has 2 bridgehead atoms. The summed E-state index contributed by atoms with van der Waals surface area (Å²) in [5.74, 6) is 1.72. The smallest absolute Gasteiger partial charge is 0.0443 e. The van der Waals surface area contributed by atoms with Gasteiger partial charge in [-0.15, -0.1) is 0 Å². The van der Waals surface area contributed by atoms with Crippen molar-refractivity contribution in [2.75, 3.05) is 19.7 Å². The van der Waals surface area contributed by atoms with Crippen LogP contribution in [0.15, 0.2) is 0 Å². The molecule has 0 aromatic heterocycles. The lowest BCUT2D eigenvalue weighted by Crippen LogP contribution is -2.55. The molecule has 0 aromatic carbocycles. The Hall–Kier alpha value is -0.120. The number of hydrogen-bond donors (Lipinski definition) is 3. The summed E-state index contributed by atoms with van der Waals surface area (Å²) in [6.45, 7) is 1.96. The molecule has 0 amide bonds. The summed E-state index contributed by atoms with van der Waals surface area (Å²) in [6.07, 6.45) is 6.25.